The number of hydrogen-bond acceptors (Lipinski definition) is 1. The summed E-state index contributed by atoms with van der Waals surface area (Å²) in [5.74, 6) is 0.963. The van der Waals surface area contributed by atoms with Gasteiger partial charge in [0, 0.05) is 6.04 Å². The Labute approximate surface area is 102 Å². The molecule has 1 rings (SSSR count). The summed E-state index contributed by atoms with van der Waals surface area (Å²) < 4.78 is 0. The van der Waals surface area contributed by atoms with Crippen molar-refractivity contribution < 1.29 is 0 Å². The van der Waals surface area contributed by atoms with Gasteiger partial charge in [0.15, 0.2) is 0 Å². The van der Waals surface area contributed by atoms with Crippen LogP contribution in [0.15, 0.2) is 12.2 Å². The van der Waals surface area contributed by atoms with Gasteiger partial charge in [-0.2, -0.15) is 0 Å². The van der Waals surface area contributed by atoms with E-state index in [0.717, 1.165) is 12.3 Å². The molecule has 0 aliphatic heterocycles. The van der Waals surface area contributed by atoms with Crippen molar-refractivity contribution in [1.82, 2.24) is 5.32 Å². The van der Waals surface area contributed by atoms with Crippen molar-refractivity contribution in [2.45, 2.75) is 70.8 Å². The Hall–Kier alpha value is -0.300. The van der Waals surface area contributed by atoms with Gasteiger partial charge in [-0.3, -0.25) is 0 Å². The largest absolute Gasteiger partial charge is 0.317 e. The van der Waals surface area contributed by atoms with Crippen molar-refractivity contribution in [3.8, 4) is 0 Å². The molecule has 94 valence electrons. The highest BCUT2D eigenvalue weighted by Gasteiger charge is 2.17. The molecule has 0 aromatic heterocycles. The van der Waals surface area contributed by atoms with E-state index < -0.39 is 0 Å². The zero-order chi connectivity index (χ0) is 11.8. The van der Waals surface area contributed by atoms with E-state index in [4.69, 9.17) is 0 Å². The lowest BCUT2D eigenvalue weighted by Gasteiger charge is -2.22. The number of rotatable bonds is 6. The van der Waals surface area contributed by atoms with Gasteiger partial charge in [-0.25, -0.2) is 0 Å². The summed E-state index contributed by atoms with van der Waals surface area (Å²) in [6.45, 7) is 6.34. The molecule has 0 radical (unpaired) electrons. The first-order valence-electron chi connectivity index (χ1n) is 7.10. The molecule has 16 heavy (non-hydrogen) atoms. The van der Waals surface area contributed by atoms with E-state index in [1.54, 1.807) is 0 Å². The summed E-state index contributed by atoms with van der Waals surface area (Å²) in [5.41, 5.74) is 1.40. The van der Waals surface area contributed by atoms with Crippen LogP contribution in [0.4, 0.5) is 0 Å². The first kappa shape index (κ1) is 13.8. The van der Waals surface area contributed by atoms with E-state index in [0.29, 0.717) is 6.04 Å². The van der Waals surface area contributed by atoms with E-state index >= 15 is 0 Å². The maximum Gasteiger partial charge on any atom is 0.0104 e. The van der Waals surface area contributed by atoms with E-state index in [2.05, 4.69) is 25.9 Å². The summed E-state index contributed by atoms with van der Waals surface area (Å²) in [5, 5.41) is 3.47. The van der Waals surface area contributed by atoms with E-state index in [1.807, 2.05) is 0 Å². The van der Waals surface area contributed by atoms with Gasteiger partial charge in [0.05, 0.1) is 0 Å². The molecular formula is C15H29N. The van der Waals surface area contributed by atoms with Crippen molar-refractivity contribution in [3.05, 3.63) is 12.2 Å². The zero-order valence-corrected chi connectivity index (χ0v) is 11.2. The second kappa shape index (κ2) is 7.89. The summed E-state index contributed by atoms with van der Waals surface area (Å²) in [7, 11) is 2.10. The van der Waals surface area contributed by atoms with Crippen LogP contribution in [0.25, 0.3) is 0 Å². The molecule has 0 bridgehead atoms. The fourth-order valence-corrected chi connectivity index (χ4v) is 2.80. The van der Waals surface area contributed by atoms with Gasteiger partial charge in [0.25, 0.3) is 0 Å². The van der Waals surface area contributed by atoms with Crippen LogP contribution in [-0.2, 0) is 0 Å². The topological polar surface area (TPSA) is 12.0 Å². The van der Waals surface area contributed by atoms with Crippen LogP contribution < -0.4 is 5.32 Å². The van der Waals surface area contributed by atoms with E-state index in [-0.39, 0.29) is 0 Å². The molecule has 1 fully saturated rings. The summed E-state index contributed by atoms with van der Waals surface area (Å²) in [6, 6.07) is 0.663. The summed E-state index contributed by atoms with van der Waals surface area (Å²) in [4.78, 5) is 0. The first-order chi connectivity index (χ1) is 7.76. The molecule has 1 saturated carbocycles. The third-order valence-electron chi connectivity index (χ3n) is 4.04. The van der Waals surface area contributed by atoms with Crippen LogP contribution in [0, 0.1) is 5.92 Å². The minimum absolute atomic E-state index is 0.663. The molecule has 0 aromatic carbocycles. The lowest BCUT2D eigenvalue weighted by molar-refractivity contribution is 0.360. The van der Waals surface area contributed by atoms with Gasteiger partial charge in [0.2, 0.25) is 0 Å². The van der Waals surface area contributed by atoms with Crippen LogP contribution in [0.3, 0.4) is 0 Å². The van der Waals surface area contributed by atoms with Gasteiger partial charge < -0.3 is 5.32 Å². The molecular weight excluding hydrogens is 194 g/mol. The minimum atomic E-state index is 0.663. The smallest absolute Gasteiger partial charge is 0.0104 e. The highest BCUT2D eigenvalue weighted by atomic mass is 14.9. The molecule has 1 aliphatic rings. The molecule has 0 saturated heterocycles. The lowest BCUT2D eigenvalue weighted by Crippen LogP contribution is -2.28. The van der Waals surface area contributed by atoms with E-state index in [1.165, 1.54) is 56.9 Å². The molecule has 1 aliphatic carbocycles. The molecule has 0 aromatic rings. The Bertz CT molecular complexity index is 190. The van der Waals surface area contributed by atoms with Crippen molar-refractivity contribution in [2.24, 2.45) is 5.92 Å². The monoisotopic (exact) mass is 223 g/mol. The molecule has 1 unspecified atom stereocenters. The van der Waals surface area contributed by atoms with Crippen LogP contribution >= 0.6 is 0 Å². The van der Waals surface area contributed by atoms with Gasteiger partial charge in [-0.05, 0) is 32.2 Å². The molecule has 0 amide bonds. The molecule has 1 N–H and O–H groups in total. The average Bonchev–Trinajstić information content (AvgIpc) is 2.56. The fourth-order valence-electron chi connectivity index (χ4n) is 2.80. The Morgan fingerprint density at radius 1 is 1.25 bits per heavy atom. The summed E-state index contributed by atoms with van der Waals surface area (Å²) >= 11 is 0. The predicted octanol–water partition coefficient (Wildman–Crippen LogP) is 4.29. The molecule has 1 atom stereocenters. The number of hydrogen-bond donors (Lipinski definition) is 1. The SMILES string of the molecule is C=C(CC)CC(CC1CCCCCC1)NC. The molecule has 0 heterocycles. The third-order valence-corrected chi connectivity index (χ3v) is 4.04. The Morgan fingerprint density at radius 3 is 2.38 bits per heavy atom. The van der Waals surface area contributed by atoms with Crippen LogP contribution in [0.5, 0.6) is 0 Å². The van der Waals surface area contributed by atoms with Crippen molar-refractivity contribution >= 4 is 0 Å². The average molecular weight is 223 g/mol. The molecule has 1 nitrogen and oxygen atoms in total. The standard InChI is InChI=1S/C15H29N/c1-4-13(2)11-15(16-3)12-14-9-7-5-6-8-10-14/h14-16H,2,4-12H2,1,3H3. The van der Waals surface area contributed by atoms with Crippen molar-refractivity contribution in [3.63, 3.8) is 0 Å². The Kier molecular flexibility index (Phi) is 6.79. The fraction of sp³-hybridized carbons (Fsp3) is 0.867. The van der Waals surface area contributed by atoms with Gasteiger partial charge in [-0.15, -0.1) is 0 Å². The summed E-state index contributed by atoms with van der Waals surface area (Å²) in [6.07, 6.45) is 12.4. The predicted molar refractivity (Wildman–Crippen MR) is 72.7 cm³/mol. The zero-order valence-electron chi connectivity index (χ0n) is 11.2. The highest BCUT2D eigenvalue weighted by Crippen LogP contribution is 2.27. The van der Waals surface area contributed by atoms with Crippen molar-refractivity contribution in [1.29, 1.82) is 0 Å². The maximum absolute atomic E-state index is 4.13. The third kappa shape index (κ3) is 5.16. The molecule has 0 spiro atoms. The maximum atomic E-state index is 4.13. The van der Waals surface area contributed by atoms with Crippen LogP contribution in [0.1, 0.15) is 64.7 Å². The Balaban J connectivity index is 2.32. The quantitative estimate of drug-likeness (QED) is 0.523. The second-order valence-corrected chi connectivity index (χ2v) is 5.39. The van der Waals surface area contributed by atoms with Crippen molar-refractivity contribution in [2.75, 3.05) is 7.05 Å². The second-order valence-electron chi connectivity index (χ2n) is 5.39. The normalized spacial score (nSPS) is 20.4. The van der Waals surface area contributed by atoms with Crippen LogP contribution in [0.2, 0.25) is 0 Å². The highest BCUT2D eigenvalue weighted by molar-refractivity contribution is 4.96. The van der Waals surface area contributed by atoms with Gasteiger partial charge >= 0.3 is 0 Å². The van der Waals surface area contributed by atoms with E-state index in [9.17, 15) is 0 Å². The first-order valence-corrected chi connectivity index (χ1v) is 7.10. The lowest BCUT2D eigenvalue weighted by atomic mass is 9.90. The molecule has 1 heteroatoms. The Morgan fingerprint density at radius 2 is 1.88 bits per heavy atom. The van der Waals surface area contributed by atoms with Gasteiger partial charge in [0.1, 0.15) is 0 Å². The van der Waals surface area contributed by atoms with Gasteiger partial charge in [-0.1, -0.05) is 57.6 Å². The minimum Gasteiger partial charge on any atom is -0.317 e. The van der Waals surface area contributed by atoms with Crippen LogP contribution in [-0.4, -0.2) is 13.1 Å². The number of nitrogens with one attached hydrogen (secondary N) is 1.